The number of pyridine rings is 1. The van der Waals surface area contributed by atoms with E-state index in [0.717, 1.165) is 13.1 Å². The predicted molar refractivity (Wildman–Crippen MR) is 79.6 cm³/mol. The highest BCUT2D eigenvalue weighted by molar-refractivity contribution is 9.13. The van der Waals surface area contributed by atoms with Crippen LogP contribution >= 0.6 is 43.2 Å². The first-order chi connectivity index (χ1) is 9.04. The molecule has 0 aliphatic carbocycles. The second kappa shape index (κ2) is 4.69. The van der Waals surface area contributed by atoms with Crippen LogP contribution in [-0.2, 0) is 0 Å². The van der Waals surface area contributed by atoms with Crippen molar-refractivity contribution >= 4 is 60.3 Å². The Bertz CT molecular complexity index is 777. The van der Waals surface area contributed by atoms with Crippen LogP contribution in [-0.4, -0.2) is 26.0 Å². The van der Waals surface area contributed by atoms with E-state index in [0.29, 0.717) is 17.0 Å². The molecule has 8 heteroatoms. The Balaban J connectivity index is 2.13. The van der Waals surface area contributed by atoms with Crippen molar-refractivity contribution in [1.82, 2.24) is 15.0 Å². The standard InChI is InChI=1S/C11H5Br2N3O2S/c12-5-2-7(19-8(5)13)10-15-6-1-4(11(17)18)3-14-9(6)16-10/h1-3H,(H,17,18)(H,14,15,16). The van der Waals surface area contributed by atoms with Crippen LogP contribution in [0.25, 0.3) is 21.9 Å². The van der Waals surface area contributed by atoms with E-state index >= 15 is 0 Å². The van der Waals surface area contributed by atoms with E-state index in [1.54, 1.807) is 0 Å². The van der Waals surface area contributed by atoms with E-state index in [4.69, 9.17) is 5.11 Å². The van der Waals surface area contributed by atoms with Crippen LogP contribution < -0.4 is 0 Å². The fourth-order valence-electron chi connectivity index (χ4n) is 1.60. The number of hydrogen-bond donors (Lipinski definition) is 2. The lowest BCUT2D eigenvalue weighted by atomic mass is 10.3. The number of fused-ring (bicyclic) bond motifs is 1. The third kappa shape index (κ3) is 2.31. The molecule has 0 bridgehead atoms. The number of H-pyrrole nitrogens is 1. The molecular weight excluding hydrogens is 398 g/mol. The van der Waals surface area contributed by atoms with Gasteiger partial charge in [-0.15, -0.1) is 11.3 Å². The lowest BCUT2D eigenvalue weighted by molar-refractivity contribution is 0.0696. The Morgan fingerprint density at radius 3 is 2.79 bits per heavy atom. The lowest BCUT2D eigenvalue weighted by Crippen LogP contribution is -1.96. The largest absolute Gasteiger partial charge is 0.478 e. The van der Waals surface area contributed by atoms with Crippen molar-refractivity contribution < 1.29 is 9.90 Å². The number of aromatic amines is 1. The minimum absolute atomic E-state index is 0.135. The van der Waals surface area contributed by atoms with Gasteiger partial charge in [0.25, 0.3) is 0 Å². The molecule has 0 radical (unpaired) electrons. The van der Waals surface area contributed by atoms with Crippen molar-refractivity contribution in [2.75, 3.05) is 0 Å². The van der Waals surface area contributed by atoms with E-state index in [9.17, 15) is 4.79 Å². The number of aromatic carboxylic acids is 1. The molecule has 0 amide bonds. The summed E-state index contributed by atoms with van der Waals surface area (Å²) in [6.07, 6.45) is 1.30. The van der Waals surface area contributed by atoms with Crippen molar-refractivity contribution in [3.63, 3.8) is 0 Å². The molecule has 0 spiro atoms. The minimum atomic E-state index is -1.01. The molecule has 0 atom stereocenters. The second-order valence-electron chi connectivity index (χ2n) is 3.72. The summed E-state index contributed by atoms with van der Waals surface area (Å²) in [5.74, 6) is -0.339. The molecule has 3 aromatic heterocycles. The monoisotopic (exact) mass is 401 g/mol. The average Bonchev–Trinajstić information content (AvgIpc) is 2.92. The molecule has 0 unspecified atom stereocenters. The summed E-state index contributed by atoms with van der Waals surface area (Å²) < 4.78 is 1.93. The van der Waals surface area contributed by atoms with Gasteiger partial charge >= 0.3 is 5.97 Å². The quantitative estimate of drug-likeness (QED) is 0.681. The summed E-state index contributed by atoms with van der Waals surface area (Å²) in [7, 11) is 0. The van der Waals surface area contributed by atoms with Crippen LogP contribution in [0, 0.1) is 0 Å². The minimum Gasteiger partial charge on any atom is -0.478 e. The van der Waals surface area contributed by atoms with Crippen molar-refractivity contribution in [1.29, 1.82) is 0 Å². The summed E-state index contributed by atoms with van der Waals surface area (Å²) in [6.45, 7) is 0. The Labute approximate surface area is 128 Å². The van der Waals surface area contributed by atoms with Crippen molar-refractivity contribution in [3.8, 4) is 10.7 Å². The molecule has 0 aliphatic heterocycles. The van der Waals surface area contributed by atoms with Gasteiger partial charge < -0.3 is 10.1 Å². The number of carboxylic acid groups (broad SMARTS) is 1. The van der Waals surface area contributed by atoms with E-state index in [-0.39, 0.29) is 5.56 Å². The van der Waals surface area contributed by atoms with Gasteiger partial charge in [-0.2, -0.15) is 0 Å². The number of carboxylic acids is 1. The Hall–Kier alpha value is -1.25. The highest BCUT2D eigenvalue weighted by Gasteiger charge is 2.13. The van der Waals surface area contributed by atoms with Crippen LogP contribution in [0.1, 0.15) is 10.4 Å². The summed E-state index contributed by atoms with van der Waals surface area (Å²) >= 11 is 8.37. The molecule has 3 rings (SSSR count). The van der Waals surface area contributed by atoms with Crippen LogP contribution in [0.15, 0.2) is 26.6 Å². The number of carbonyl (C=O) groups is 1. The van der Waals surface area contributed by atoms with Gasteiger partial charge in [0.05, 0.1) is 19.7 Å². The number of halogens is 2. The van der Waals surface area contributed by atoms with Gasteiger partial charge in [0, 0.05) is 10.7 Å². The smallest absolute Gasteiger partial charge is 0.337 e. The van der Waals surface area contributed by atoms with Gasteiger partial charge in [-0.1, -0.05) is 0 Å². The molecule has 3 heterocycles. The van der Waals surface area contributed by atoms with E-state index in [1.807, 2.05) is 6.07 Å². The van der Waals surface area contributed by atoms with Gasteiger partial charge in [0.2, 0.25) is 0 Å². The van der Waals surface area contributed by atoms with Crippen LogP contribution in [0.2, 0.25) is 0 Å². The SMILES string of the molecule is O=C(O)c1cnc2nc(-c3cc(Br)c(Br)s3)[nH]c2c1. The van der Waals surface area contributed by atoms with Crippen molar-refractivity contribution in [3.05, 3.63) is 32.2 Å². The fraction of sp³-hybridized carbons (Fsp3) is 0. The summed E-state index contributed by atoms with van der Waals surface area (Å²) in [5.41, 5.74) is 1.24. The normalized spacial score (nSPS) is 11.1. The highest BCUT2D eigenvalue weighted by atomic mass is 79.9. The maximum absolute atomic E-state index is 10.9. The number of nitrogens with one attached hydrogen (secondary N) is 1. The number of hydrogen-bond acceptors (Lipinski definition) is 4. The first-order valence-corrected chi connectivity index (χ1v) is 7.49. The van der Waals surface area contributed by atoms with Crippen LogP contribution in [0.3, 0.4) is 0 Å². The van der Waals surface area contributed by atoms with Gasteiger partial charge in [0.1, 0.15) is 0 Å². The zero-order valence-corrected chi connectivity index (χ0v) is 13.1. The number of nitrogens with zero attached hydrogens (tertiary/aromatic N) is 2. The predicted octanol–water partition coefficient (Wildman–Crippen LogP) is 3.91. The number of thiophene rings is 1. The second-order valence-corrected chi connectivity index (χ2v) is 6.94. The molecule has 0 fully saturated rings. The summed E-state index contributed by atoms with van der Waals surface area (Å²) in [6, 6.07) is 3.46. The number of rotatable bonds is 2. The van der Waals surface area contributed by atoms with Crippen molar-refractivity contribution in [2.24, 2.45) is 0 Å². The van der Waals surface area contributed by atoms with E-state index in [2.05, 4.69) is 46.8 Å². The van der Waals surface area contributed by atoms with E-state index < -0.39 is 5.97 Å². The molecule has 0 aliphatic rings. The highest BCUT2D eigenvalue weighted by Crippen LogP contribution is 2.37. The Morgan fingerprint density at radius 1 is 1.37 bits per heavy atom. The van der Waals surface area contributed by atoms with Crippen LogP contribution in [0.5, 0.6) is 0 Å². The summed E-state index contributed by atoms with van der Waals surface area (Å²) in [4.78, 5) is 23.3. The fourth-order valence-corrected chi connectivity index (χ4v) is 3.58. The first-order valence-electron chi connectivity index (χ1n) is 5.09. The molecular formula is C11H5Br2N3O2S. The third-order valence-corrected chi connectivity index (χ3v) is 5.73. The summed E-state index contributed by atoms with van der Waals surface area (Å²) in [5, 5.41) is 8.92. The Kier molecular flexibility index (Phi) is 3.15. The van der Waals surface area contributed by atoms with Crippen LogP contribution in [0.4, 0.5) is 0 Å². The molecule has 5 nitrogen and oxygen atoms in total. The molecule has 96 valence electrons. The Morgan fingerprint density at radius 2 is 2.16 bits per heavy atom. The molecule has 3 aromatic rings. The molecule has 2 N–H and O–H groups in total. The zero-order chi connectivity index (χ0) is 13.6. The van der Waals surface area contributed by atoms with Crippen molar-refractivity contribution in [2.45, 2.75) is 0 Å². The first kappa shape index (κ1) is 12.8. The molecule has 0 aromatic carbocycles. The van der Waals surface area contributed by atoms with Gasteiger partial charge in [-0.05, 0) is 44.0 Å². The van der Waals surface area contributed by atoms with E-state index in [1.165, 1.54) is 23.6 Å². The zero-order valence-electron chi connectivity index (χ0n) is 9.15. The van der Waals surface area contributed by atoms with Gasteiger partial charge in [-0.25, -0.2) is 14.8 Å². The molecule has 0 saturated carbocycles. The van der Waals surface area contributed by atoms with Gasteiger partial charge in [0.15, 0.2) is 11.5 Å². The maximum atomic E-state index is 10.9. The molecule has 0 saturated heterocycles. The molecule has 19 heavy (non-hydrogen) atoms. The maximum Gasteiger partial charge on any atom is 0.337 e. The third-order valence-electron chi connectivity index (χ3n) is 2.46. The number of aromatic nitrogens is 3. The number of imidazole rings is 1. The lowest BCUT2D eigenvalue weighted by Gasteiger charge is -1.91. The van der Waals surface area contributed by atoms with Gasteiger partial charge in [-0.3, -0.25) is 0 Å². The topological polar surface area (TPSA) is 78.9 Å². The average molecular weight is 403 g/mol.